The zero-order valence-corrected chi connectivity index (χ0v) is 14.8. The van der Waals surface area contributed by atoms with Crippen molar-refractivity contribution in [2.75, 3.05) is 0 Å². The van der Waals surface area contributed by atoms with Crippen molar-refractivity contribution in [1.29, 1.82) is 0 Å². The maximum absolute atomic E-state index is 13.2. The van der Waals surface area contributed by atoms with Crippen molar-refractivity contribution in [2.24, 2.45) is 0 Å². The smallest absolute Gasteiger partial charge is 0.448 e. The van der Waals surface area contributed by atoms with E-state index >= 15 is 0 Å². The first-order valence-electron chi connectivity index (χ1n) is 6.31. The average Bonchev–Trinajstić information content (AvgIpc) is 2.45. The average molecular weight is 316 g/mol. The van der Waals surface area contributed by atoms with Gasteiger partial charge in [-0.2, -0.15) is 0 Å². The van der Waals surface area contributed by atoms with Gasteiger partial charge in [-0.25, -0.2) is 0 Å². The molecular weight excluding hydrogens is 303 g/mol. The standard InChI is InChI=1S/C15H13BF3O.K/c17-16(18,19)14(12-7-3-1-4-8-12)11-15(20)13-9-5-2-6-10-13;/h1-10,14H,11H2;/q-1;+1. The molecule has 2 aromatic rings. The zero-order valence-electron chi connectivity index (χ0n) is 11.7. The number of hydrogen-bond acceptors (Lipinski definition) is 1. The molecule has 0 aliphatic rings. The fourth-order valence-corrected chi connectivity index (χ4v) is 2.11. The molecule has 1 nitrogen and oxygen atoms in total. The summed E-state index contributed by atoms with van der Waals surface area (Å²) >= 11 is 0. The van der Waals surface area contributed by atoms with E-state index in [4.69, 9.17) is 0 Å². The summed E-state index contributed by atoms with van der Waals surface area (Å²) in [5.41, 5.74) is 0.456. The van der Waals surface area contributed by atoms with Gasteiger partial charge < -0.3 is 12.9 Å². The van der Waals surface area contributed by atoms with Crippen molar-refractivity contribution in [2.45, 2.75) is 12.2 Å². The number of ketones is 1. The largest absolute Gasteiger partial charge is 1.00 e. The molecule has 1 atom stereocenters. The third-order valence-corrected chi connectivity index (χ3v) is 3.19. The molecule has 0 N–H and O–H groups in total. The Balaban J connectivity index is 0.00000220. The molecule has 1 unspecified atom stereocenters. The maximum Gasteiger partial charge on any atom is 1.00 e. The molecule has 0 amide bonds. The molecule has 0 aliphatic heterocycles. The Morgan fingerprint density at radius 3 is 1.86 bits per heavy atom. The zero-order chi connectivity index (χ0) is 14.6. The Hall–Kier alpha value is -0.399. The fourth-order valence-electron chi connectivity index (χ4n) is 2.11. The van der Waals surface area contributed by atoms with E-state index in [1.807, 2.05) is 0 Å². The molecule has 2 rings (SSSR count). The molecule has 0 saturated carbocycles. The summed E-state index contributed by atoms with van der Waals surface area (Å²) in [6, 6.07) is 15.7. The van der Waals surface area contributed by atoms with Gasteiger partial charge in [-0.15, -0.1) is 0 Å². The van der Waals surface area contributed by atoms with Crippen LogP contribution < -0.4 is 51.4 Å². The van der Waals surface area contributed by atoms with E-state index in [9.17, 15) is 17.7 Å². The SMILES string of the molecule is O=C(CC(c1ccccc1)[B-](F)(F)F)c1ccccc1.[K+]. The Kier molecular flexibility index (Phi) is 7.36. The van der Waals surface area contributed by atoms with Crippen LogP contribution in [-0.4, -0.2) is 12.8 Å². The Labute approximate surface area is 164 Å². The molecule has 104 valence electrons. The van der Waals surface area contributed by atoms with Crippen molar-refractivity contribution in [1.82, 2.24) is 0 Å². The van der Waals surface area contributed by atoms with Crippen LogP contribution >= 0.6 is 0 Å². The quantitative estimate of drug-likeness (QED) is 0.603. The van der Waals surface area contributed by atoms with E-state index in [0.717, 1.165) is 0 Å². The summed E-state index contributed by atoms with van der Waals surface area (Å²) in [4.78, 5) is 12.0. The van der Waals surface area contributed by atoms with Crippen LogP contribution in [0.4, 0.5) is 12.9 Å². The molecule has 0 fully saturated rings. The van der Waals surface area contributed by atoms with Crippen molar-refractivity contribution >= 4 is 12.8 Å². The number of benzene rings is 2. The van der Waals surface area contributed by atoms with Gasteiger partial charge >= 0.3 is 58.4 Å². The first kappa shape index (κ1) is 18.6. The van der Waals surface area contributed by atoms with Crippen molar-refractivity contribution in [3.63, 3.8) is 0 Å². The van der Waals surface area contributed by atoms with Crippen LogP contribution in [0.15, 0.2) is 60.7 Å². The van der Waals surface area contributed by atoms with Gasteiger partial charge in [0, 0.05) is 5.56 Å². The first-order valence-corrected chi connectivity index (χ1v) is 6.31. The number of Topliss-reactive ketones (excluding diaryl/α,β-unsaturated/α-hetero) is 1. The van der Waals surface area contributed by atoms with Crippen LogP contribution in [0.5, 0.6) is 0 Å². The predicted octanol–water partition coefficient (Wildman–Crippen LogP) is 1.43. The van der Waals surface area contributed by atoms with Crippen LogP contribution in [0.3, 0.4) is 0 Å². The van der Waals surface area contributed by atoms with Gasteiger partial charge in [-0.05, 0) is 12.2 Å². The number of carbonyl (C=O) groups excluding carboxylic acids is 1. The van der Waals surface area contributed by atoms with Crippen LogP contribution in [0, 0.1) is 0 Å². The number of rotatable bonds is 5. The molecule has 0 radical (unpaired) electrons. The normalized spacial score (nSPS) is 12.3. The first-order chi connectivity index (χ1) is 9.48. The topological polar surface area (TPSA) is 17.1 Å². The monoisotopic (exact) mass is 316 g/mol. The summed E-state index contributed by atoms with van der Waals surface area (Å²) in [6.45, 7) is -5.12. The minimum Gasteiger partial charge on any atom is -0.448 e. The molecule has 0 aliphatic carbocycles. The fraction of sp³-hybridized carbons (Fsp3) is 0.133. The Morgan fingerprint density at radius 2 is 1.38 bits per heavy atom. The van der Waals surface area contributed by atoms with Crippen LogP contribution in [0.1, 0.15) is 28.2 Å². The molecule has 0 bridgehead atoms. The molecule has 0 heterocycles. The summed E-state index contributed by atoms with van der Waals surface area (Å²) in [7, 11) is 0. The van der Waals surface area contributed by atoms with Gasteiger partial charge in [0.1, 0.15) is 0 Å². The van der Waals surface area contributed by atoms with E-state index in [1.165, 1.54) is 24.3 Å². The number of carbonyl (C=O) groups is 1. The van der Waals surface area contributed by atoms with Crippen molar-refractivity contribution in [3.05, 3.63) is 71.8 Å². The summed E-state index contributed by atoms with van der Waals surface area (Å²) < 4.78 is 39.6. The molecule has 0 spiro atoms. The maximum atomic E-state index is 13.2. The Morgan fingerprint density at radius 1 is 0.905 bits per heavy atom. The third kappa shape index (κ3) is 5.38. The van der Waals surface area contributed by atoms with Gasteiger partial charge in [0.15, 0.2) is 5.78 Å². The predicted molar refractivity (Wildman–Crippen MR) is 73.7 cm³/mol. The minimum atomic E-state index is -5.12. The third-order valence-electron chi connectivity index (χ3n) is 3.19. The van der Waals surface area contributed by atoms with Gasteiger partial charge in [-0.3, -0.25) is 4.79 Å². The molecule has 21 heavy (non-hydrogen) atoms. The summed E-state index contributed by atoms with van der Waals surface area (Å²) in [5, 5.41) is 0. The molecule has 6 heteroatoms. The van der Waals surface area contributed by atoms with Crippen LogP contribution in [0.25, 0.3) is 0 Å². The number of hydrogen-bond donors (Lipinski definition) is 0. The van der Waals surface area contributed by atoms with Gasteiger partial charge in [0.05, 0.1) is 0 Å². The molecule has 2 aromatic carbocycles. The van der Waals surface area contributed by atoms with E-state index in [-0.39, 0.29) is 56.9 Å². The van der Waals surface area contributed by atoms with Crippen LogP contribution in [-0.2, 0) is 0 Å². The molecule has 0 aromatic heterocycles. The minimum absolute atomic E-state index is 0. The van der Waals surface area contributed by atoms with Gasteiger partial charge in [0.25, 0.3) is 0 Å². The molecule has 0 saturated heterocycles. The summed E-state index contributed by atoms with van der Waals surface area (Å²) in [6.07, 6.45) is -0.544. The summed E-state index contributed by atoms with van der Waals surface area (Å²) in [5.74, 6) is -2.19. The van der Waals surface area contributed by atoms with Crippen molar-refractivity contribution < 1.29 is 69.1 Å². The molecular formula is C15H13BF3KO. The second-order valence-corrected chi connectivity index (χ2v) is 4.64. The second kappa shape index (κ2) is 8.29. The van der Waals surface area contributed by atoms with E-state index in [1.54, 1.807) is 36.4 Å². The van der Waals surface area contributed by atoms with Gasteiger partial charge in [0.2, 0.25) is 0 Å². The van der Waals surface area contributed by atoms with Gasteiger partial charge in [-0.1, -0.05) is 66.2 Å². The van der Waals surface area contributed by atoms with E-state index in [2.05, 4.69) is 0 Å². The number of halogens is 3. The van der Waals surface area contributed by atoms with Crippen LogP contribution in [0.2, 0.25) is 0 Å². The van der Waals surface area contributed by atoms with Crippen molar-refractivity contribution in [3.8, 4) is 0 Å². The Bertz CT molecular complexity index is 572. The second-order valence-electron chi connectivity index (χ2n) is 4.64. The van der Waals surface area contributed by atoms with E-state index in [0.29, 0.717) is 5.56 Å². The van der Waals surface area contributed by atoms with E-state index < -0.39 is 25.0 Å².